The summed E-state index contributed by atoms with van der Waals surface area (Å²) >= 11 is 5.57. The first-order chi connectivity index (χ1) is 12.4. The summed E-state index contributed by atoms with van der Waals surface area (Å²) in [5.74, 6) is -2.72. The zero-order valence-corrected chi connectivity index (χ0v) is 15.5. The van der Waals surface area contributed by atoms with Gasteiger partial charge in [-0.3, -0.25) is 14.4 Å². The number of hydrogen-bond donors (Lipinski definition) is 3. The van der Waals surface area contributed by atoms with E-state index in [0.717, 1.165) is 6.07 Å². The minimum atomic E-state index is -4.70. The molecule has 11 heteroatoms. The van der Waals surface area contributed by atoms with Crippen molar-refractivity contribution in [3.05, 3.63) is 28.8 Å². The number of carbonyl (C=O) groups excluding carboxylic acids is 3. The van der Waals surface area contributed by atoms with E-state index in [1.54, 1.807) is 13.8 Å². The maximum atomic E-state index is 13.0. The van der Waals surface area contributed by atoms with Crippen molar-refractivity contribution in [3.8, 4) is 0 Å². The third-order valence-corrected chi connectivity index (χ3v) is 3.19. The van der Waals surface area contributed by atoms with Crippen LogP contribution in [0.5, 0.6) is 0 Å². The van der Waals surface area contributed by atoms with Gasteiger partial charge < -0.3 is 10.6 Å². The van der Waals surface area contributed by atoms with Gasteiger partial charge in [-0.2, -0.15) is 18.3 Å². The summed E-state index contributed by atoms with van der Waals surface area (Å²) in [5.41, 5.74) is 0.503. The van der Waals surface area contributed by atoms with Gasteiger partial charge in [-0.25, -0.2) is 5.43 Å². The van der Waals surface area contributed by atoms with E-state index in [1.807, 2.05) is 5.43 Å². The number of halogens is 4. The Morgan fingerprint density at radius 2 is 1.81 bits per heavy atom. The third kappa shape index (κ3) is 7.65. The molecule has 7 nitrogen and oxygen atoms in total. The van der Waals surface area contributed by atoms with Gasteiger partial charge in [0.25, 0.3) is 0 Å². The van der Waals surface area contributed by atoms with Gasteiger partial charge in [-0.1, -0.05) is 11.6 Å². The van der Waals surface area contributed by atoms with Crippen LogP contribution in [-0.2, 0) is 20.6 Å². The van der Waals surface area contributed by atoms with Crippen LogP contribution in [0.4, 0.5) is 18.9 Å². The lowest BCUT2D eigenvalue weighted by atomic mass is 10.1. The Morgan fingerprint density at radius 3 is 2.37 bits per heavy atom. The predicted octanol–water partition coefficient (Wildman–Crippen LogP) is 2.70. The zero-order valence-electron chi connectivity index (χ0n) is 14.7. The normalized spacial score (nSPS) is 11.9. The second-order valence-corrected chi connectivity index (χ2v) is 6.27. The number of anilines is 1. The first kappa shape index (κ1) is 22.4. The second-order valence-electron chi connectivity index (χ2n) is 5.83. The smallest absolute Gasteiger partial charge is 0.346 e. The fraction of sp³-hybridized carbons (Fsp3) is 0.375. The predicted molar refractivity (Wildman–Crippen MR) is 94.2 cm³/mol. The SMILES string of the molecule is C/C(CC(=O)Nc1ccc(Cl)cc1C(F)(F)F)=N\NC(=O)C(=O)NC(C)C. The van der Waals surface area contributed by atoms with E-state index in [-0.39, 0.29) is 16.8 Å². The molecule has 0 bridgehead atoms. The number of benzene rings is 1. The molecule has 0 aliphatic heterocycles. The van der Waals surface area contributed by atoms with Crippen molar-refractivity contribution < 1.29 is 27.6 Å². The van der Waals surface area contributed by atoms with Crippen LogP contribution >= 0.6 is 11.6 Å². The van der Waals surface area contributed by atoms with Crippen LogP contribution in [0.3, 0.4) is 0 Å². The molecule has 0 unspecified atom stereocenters. The number of carbonyl (C=O) groups is 3. The molecule has 0 spiro atoms. The van der Waals surface area contributed by atoms with Crippen molar-refractivity contribution in [2.24, 2.45) is 5.10 Å². The Morgan fingerprint density at radius 1 is 1.19 bits per heavy atom. The number of nitrogens with one attached hydrogen (secondary N) is 3. The Labute approximate surface area is 158 Å². The average Bonchev–Trinajstić information content (AvgIpc) is 2.52. The topological polar surface area (TPSA) is 99.7 Å². The van der Waals surface area contributed by atoms with Gasteiger partial charge in [-0.05, 0) is 39.0 Å². The van der Waals surface area contributed by atoms with Crippen LogP contribution in [-0.4, -0.2) is 29.5 Å². The number of hydrogen-bond acceptors (Lipinski definition) is 4. The van der Waals surface area contributed by atoms with Crippen molar-refractivity contribution in [1.82, 2.24) is 10.7 Å². The molecule has 27 heavy (non-hydrogen) atoms. The summed E-state index contributed by atoms with van der Waals surface area (Å²) in [7, 11) is 0. The molecule has 0 atom stereocenters. The summed E-state index contributed by atoms with van der Waals surface area (Å²) in [5, 5.41) is 7.92. The Bertz CT molecular complexity index is 764. The average molecular weight is 407 g/mol. The molecule has 0 aromatic heterocycles. The summed E-state index contributed by atoms with van der Waals surface area (Å²) < 4.78 is 39.0. The van der Waals surface area contributed by atoms with Crippen molar-refractivity contribution >= 4 is 40.7 Å². The number of alkyl halides is 3. The largest absolute Gasteiger partial charge is 0.418 e. The Balaban J connectivity index is 2.72. The fourth-order valence-corrected chi connectivity index (χ4v) is 2.02. The number of rotatable bonds is 5. The molecule has 3 N–H and O–H groups in total. The van der Waals surface area contributed by atoms with Crippen molar-refractivity contribution in [2.45, 2.75) is 39.4 Å². The maximum absolute atomic E-state index is 13.0. The zero-order chi connectivity index (χ0) is 20.8. The van der Waals surface area contributed by atoms with Gasteiger partial charge in [0.15, 0.2) is 0 Å². The van der Waals surface area contributed by atoms with Crippen LogP contribution in [0.25, 0.3) is 0 Å². The van der Waals surface area contributed by atoms with E-state index >= 15 is 0 Å². The molecule has 0 radical (unpaired) electrons. The van der Waals surface area contributed by atoms with Crippen LogP contribution < -0.4 is 16.1 Å². The van der Waals surface area contributed by atoms with Gasteiger partial charge in [0.1, 0.15) is 0 Å². The second kappa shape index (κ2) is 9.36. The summed E-state index contributed by atoms with van der Waals surface area (Å²) in [6.45, 7) is 4.69. The highest BCUT2D eigenvalue weighted by molar-refractivity contribution is 6.35. The first-order valence-electron chi connectivity index (χ1n) is 7.70. The lowest BCUT2D eigenvalue weighted by Gasteiger charge is -2.14. The molecule has 0 fully saturated rings. The van der Waals surface area contributed by atoms with Crippen LogP contribution in [0.2, 0.25) is 5.02 Å². The number of hydrazone groups is 1. The quantitative estimate of drug-likeness (QED) is 0.398. The summed E-state index contributed by atoms with van der Waals surface area (Å²) in [4.78, 5) is 34.8. The monoisotopic (exact) mass is 406 g/mol. The lowest BCUT2D eigenvalue weighted by molar-refractivity contribution is -0.139. The molecular weight excluding hydrogens is 389 g/mol. The Kier molecular flexibility index (Phi) is 7.77. The molecule has 0 aliphatic rings. The molecule has 3 amide bonds. The van der Waals surface area contributed by atoms with Gasteiger partial charge in [0.2, 0.25) is 5.91 Å². The van der Waals surface area contributed by atoms with Crippen molar-refractivity contribution in [1.29, 1.82) is 0 Å². The molecule has 1 aromatic carbocycles. The van der Waals surface area contributed by atoms with E-state index in [2.05, 4.69) is 15.7 Å². The molecule has 0 heterocycles. The highest BCUT2D eigenvalue weighted by Crippen LogP contribution is 2.36. The van der Waals surface area contributed by atoms with Gasteiger partial charge in [0, 0.05) is 16.8 Å². The van der Waals surface area contributed by atoms with E-state index in [9.17, 15) is 27.6 Å². The lowest BCUT2D eigenvalue weighted by Crippen LogP contribution is -2.41. The van der Waals surface area contributed by atoms with Crippen LogP contribution in [0.1, 0.15) is 32.8 Å². The van der Waals surface area contributed by atoms with E-state index < -0.39 is 41.6 Å². The standard InChI is InChI=1S/C16H18ClF3N4O3/c1-8(2)21-14(26)15(27)24-23-9(3)6-13(25)22-12-5-4-10(17)7-11(12)16(18,19)20/h4-5,7-8H,6H2,1-3H3,(H,21,26)(H,22,25)(H,24,27)/b23-9+. The minimum Gasteiger partial charge on any atom is -0.346 e. The van der Waals surface area contributed by atoms with Crippen molar-refractivity contribution in [2.75, 3.05) is 5.32 Å². The molecule has 0 aliphatic carbocycles. The minimum absolute atomic E-state index is 0.0840. The van der Waals surface area contributed by atoms with Crippen LogP contribution in [0.15, 0.2) is 23.3 Å². The highest BCUT2D eigenvalue weighted by atomic mass is 35.5. The van der Waals surface area contributed by atoms with Gasteiger partial charge >= 0.3 is 18.0 Å². The summed E-state index contributed by atoms with van der Waals surface area (Å²) in [6.07, 6.45) is -5.10. The maximum Gasteiger partial charge on any atom is 0.418 e. The van der Waals surface area contributed by atoms with Gasteiger partial charge in [0.05, 0.1) is 17.7 Å². The van der Waals surface area contributed by atoms with E-state index in [1.165, 1.54) is 13.0 Å². The van der Waals surface area contributed by atoms with E-state index in [4.69, 9.17) is 11.6 Å². The molecule has 1 aromatic rings. The van der Waals surface area contributed by atoms with E-state index in [0.29, 0.717) is 6.07 Å². The molecule has 1 rings (SSSR count). The Hall–Kier alpha value is -2.62. The molecule has 0 saturated carbocycles. The molecular formula is C16H18ClF3N4O3. The highest BCUT2D eigenvalue weighted by Gasteiger charge is 2.34. The first-order valence-corrected chi connectivity index (χ1v) is 8.08. The number of amides is 3. The molecule has 0 saturated heterocycles. The van der Waals surface area contributed by atoms with Gasteiger partial charge in [-0.15, -0.1) is 0 Å². The number of nitrogens with zero attached hydrogens (tertiary/aromatic N) is 1. The third-order valence-electron chi connectivity index (χ3n) is 2.95. The fourth-order valence-electron chi connectivity index (χ4n) is 1.85. The molecule has 148 valence electrons. The van der Waals surface area contributed by atoms with Crippen LogP contribution in [0, 0.1) is 0 Å². The summed E-state index contributed by atoms with van der Waals surface area (Å²) in [6, 6.07) is 2.70. The van der Waals surface area contributed by atoms with Crippen molar-refractivity contribution in [3.63, 3.8) is 0 Å².